The third-order valence-corrected chi connectivity index (χ3v) is 3.36. The molecule has 0 spiro atoms. The number of aromatic nitrogens is 4. The van der Waals surface area contributed by atoms with Crippen molar-refractivity contribution in [2.45, 2.75) is 40.2 Å². The number of nitrogen functional groups attached to an aromatic ring is 1. The highest BCUT2D eigenvalue weighted by Crippen LogP contribution is 2.20. The third kappa shape index (κ3) is 3.49. The first-order valence-corrected chi connectivity index (χ1v) is 7.12. The fraction of sp³-hybridized carbons (Fsp3) is 0.500. The Morgan fingerprint density at radius 3 is 2.52 bits per heavy atom. The van der Waals surface area contributed by atoms with Gasteiger partial charge in [0, 0.05) is 37.3 Å². The molecule has 21 heavy (non-hydrogen) atoms. The Morgan fingerprint density at radius 2 is 1.95 bits per heavy atom. The minimum atomic E-state index is 0.666. The molecule has 7 nitrogen and oxygen atoms in total. The molecule has 0 saturated carbocycles. The normalized spacial score (nSPS) is 10.7. The predicted molar refractivity (Wildman–Crippen MR) is 83.8 cm³/mol. The third-order valence-electron chi connectivity index (χ3n) is 3.36. The molecule has 0 aliphatic rings. The van der Waals surface area contributed by atoms with E-state index in [1.165, 1.54) is 0 Å². The average Bonchev–Trinajstić information content (AvgIpc) is 2.77. The number of hydrazine groups is 1. The summed E-state index contributed by atoms with van der Waals surface area (Å²) in [4.78, 5) is 8.99. The zero-order valence-corrected chi connectivity index (χ0v) is 13.1. The maximum atomic E-state index is 5.54. The Labute approximate surface area is 124 Å². The van der Waals surface area contributed by atoms with Crippen molar-refractivity contribution in [3.8, 4) is 0 Å². The number of nitrogens with one attached hydrogen (secondary N) is 2. The molecule has 0 atom stereocenters. The molecule has 0 aromatic carbocycles. The van der Waals surface area contributed by atoms with Crippen molar-refractivity contribution in [1.82, 2.24) is 19.7 Å². The van der Waals surface area contributed by atoms with E-state index >= 15 is 0 Å². The van der Waals surface area contributed by atoms with Gasteiger partial charge in [-0.3, -0.25) is 4.68 Å². The van der Waals surface area contributed by atoms with Gasteiger partial charge in [-0.25, -0.2) is 15.8 Å². The molecule has 0 unspecified atom stereocenters. The van der Waals surface area contributed by atoms with Gasteiger partial charge < -0.3 is 10.7 Å². The van der Waals surface area contributed by atoms with Crippen molar-refractivity contribution in [2.24, 2.45) is 12.9 Å². The van der Waals surface area contributed by atoms with Gasteiger partial charge in [0.1, 0.15) is 17.5 Å². The molecule has 0 amide bonds. The van der Waals surface area contributed by atoms with Crippen molar-refractivity contribution < 1.29 is 0 Å². The van der Waals surface area contributed by atoms with Crippen molar-refractivity contribution in [2.75, 3.05) is 10.7 Å². The van der Waals surface area contributed by atoms with Crippen LogP contribution in [0.25, 0.3) is 0 Å². The highest BCUT2D eigenvalue weighted by molar-refractivity contribution is 5.56. The standard InChI is InChI=1S/C14H23N7/c1-5-6-12-17-13(9(2)14(18-12)19-15)16-7-11-8-21(4)20-10(11)3/h8H,5-7,15H2,1-4H3,(H2,16,17,18,19). The molecule has 4 N–H and O–H groups in total. The van der Waals surface area contributed by atoms with Gasteiger partial charge in [0.2, 0.25) is 0 Å². The van der Waals surface area contributed by atoms with E-state index in [-0.39, 0.29) is 0 Å². The van der Waals surface area contributed by atoms with Gasteiger partial charge in [0.05, 0.1) is 5.69 Å². The monoisotopic (exact) mass is 289 g/mol. The van der Waals surface area contributed by atoms with Crippen LogP contribution in [0.2, 0.25) is 0 Å². The van der Waals surface area contributed by atoms with Gasteiger partial charge in [-0.05, 0) is 20.3 Å². The first kappa shape index (κ1) is 15.2. The maximum Gasteiger partial charge on any atom is 0.148 e. The molecule has 0 fully saturated rings. The van der Waals surface area contributed by atoms with E-state index in [0.717, 1.165) is 41.3 Å². The van der Waals surface area contributed by atoms with Crippen molar-refractivity contribution >= 4 is 11.6 Å². The van der Waals surface area contributed by atoms with E-state index in [4.69, 9.17) is 5.84 Å². The molecular weight excluding hydrogens is 266 g/mol. The molecule has 0 bridgehead atoms. The first-order chi connectivity index (χ1) is 10.0. The zero-order valence-electron chi connectivity index (χ0n) is 13.1. The van der Waals surface area contributed by atoms with Gasteiger partial charge in [-0.1, -0.05) is 6.92 Å². The number of hydrogen-bond acceptors (Lipinski definition) is 6. The molecule has 7 heteroatoms. The van der Waals surface area contributed by atoms with Crippen LogP contribution in [0.15, 0.2) is 6.20 Å². The lowest BCUT2D eigenvalue weighted by molar-refractivity contribution is 0.756. The van der Waals surface area contributed by atoms with Crippen LogP contribution in [0.3, 0.4) is 0 Å². The summed E-state index contributed by atoms with van der Waals surface area (Å²) in [5.41, 5.74) is 5.72. The lowest BCUT2D eigenvalue weighted by Gasteiger charge is -2.13. The number of aryl methyl sites for hydroxylation is 3. The largest absolute Gasteiger partial charge is 0.365 e. The summed E-state index contributed by atoms with van der Waals surface area (Å²) in [6, 6.07) is 0. The van der Waals surface area contributed by atoms with E-state index in [1.54, 1.807) is 0 Å². The molecule has 2 rings (SSSR count). The van der Waals surface area contributed by atoms with Crippen LogP contribution in [-0.2, 0) is 20.0 Å². The molecule has 2 aromatic heterocycles. The molecule has 114 valence electrons. The summed E-state index contributed by atoms with van der Waals surface area (Å²) >= 11 is 0. The number of nitrogens with zero attached hydrogens (tertiary/aromatic N) is 4. The summed E-state index contributed by atoms with van der Waals surface area (Å²) in [6.07, 6.45) is 3.83. The quantitative estimate of drug-likeness (QED) is 0.553. The van der Waals surface area contributed by atoms with Crippen LogP contribution < -0.4 is 16.6 Å². The number of anilines is 2. The van der Waals surface area contributed by atoms with Crippen LogP contribution in [0.4, 0.5) is 11.6 Å². The van der Waals surface area contributed by atoms with E-state index in [2.05, 4.69) is 32.7 Å². The molecular formula is C14H23N7. The second-order valence-electron chi connectivity index (χ2n) is 5.12. The Morgan fingerprint density at radius 1 is 1.24 bits per heavy atom. The van der Waals surface area contributed by atoms with E-state index in [0.29, 0.717) is 12.4 Å². The van der Waals surface area contributed by atoms with Crippen molar-refractivity contribution in [3.63, 3.8) is 0 Å². The van der Waals surface area contributed by atoms with Crippen LogP contribution in [0.1, 0.15) is 36.0 Å². The summed E-state index contributed by atoms with van der Waals surface area (Å²) in [7, 11) is 1.92. The average molecular weight is 289 g/mol. The van der Waals surface area contributed by atoms with E-state index in [1.807, 2.05) is 31.8 Å². The highest BCUT2D eigenvalue weighted by Gasteiger charge is 2.11. The Balaban J connectivity index is 2.22. The van der Waals surface area contributed by atoms with E-state index in [9.17, 15) is 0 Å². The molecule has 2 aromatic rings. The van der Waals surface area contributed by atoms with Crippen LogP contribution in [0.5, 0.6) is 0 Å². The van der Waals surface area contributed by atoms with Crippen LogP contribution in [0, 0.1) is 13.8 Å². The SMILES string of the molecule is CCCc1nc(NN)c(C)c(NCc2cn(C)nc2C)n1. The lowest BCUT2D eigenvalue weighted by Crippen LogP contribution is -2.15. The zero-order chi connectivity index (χ0) is 15.4. The van der Waals surface area contributed by atoms with Crippen LogP contribution >= 0.6 is 0 Å². The van der Waals surface area contributed by atoms with Gasteiger partial charge >= 0.3 is 0 Å². The second-order valence-corrected chi connectivity index (χ2v) is 5.12. The first-order valence-electron chi connectivity index (χ1n) is 7.12. The topological polar surface area (TPSA) is 93.7 Å². The number of rotatable bonds is 6. The Kier molecular flexibility index (Phi) is 4.74. The van der Waals surface area contributed by atoms with Gasteiger partial charge in [-0.2, -0.15) is 5.10 Å². The minimum absolute atomic E-state index is 0.666. The molecule has 0 aliphatic heterocycles. The molecule has 0 radical (unpaired) electrons. The van der Waals surface area contributed by atoms with Crippen molar-refractivity contribution in [3.05, 3.63) is 28.8 Å². The molecule has 2 heterocycles. The minimum Gasteiger partial charge on any atom is -0.365 e. The summed E-state index contributed by atoms with van der Waals surface area (Å²) in [5.74, 6) is 7.81. The lowest BCUT2D eigenvalue weighted by atomic mass is 10.2. The second kappa shape index (κ2) is 6.53. The van der Waals surface area contributed by atoms with Gasteiger partial charge in [0.25, 0.3) is 0 Å². The fourth-order valence-corrected chi connectivity index (χ4v) is 2.21. The molecule has 0 saturated heterocycles. The number of nitrogens with two attached hydrogens (primary N) is 1. The summed E-state index contributed by atoms with van der Waals surface area (Å²) in [5, 5.41) is 7.69. The Bertz CT molecular complexity index is 618. The van der Waals surface area contributed by atoms with Gasteiger partial charge in [-0.15, -0.1) is 0 Å². The van der Waals surface area contributed by atoms with E-state index < -0.39 is 0 Å². The maximum absolute atomic E-state index is 5.54. The molecule has 0 aliphatic carbocycles. The predicted octanol–water partition coefficient (Wildman–Crippen LogP) is 1.68. The van der Waals surface area contributed by atoms with Gasteiger partial charge in [0.15, 0.2) is 0 Å². The highest BCUT2D eigenvalue weighted by atomic mass is 15.3. The smallest absolute Gasteiger partial charge is 0.148 e. The van der Waals surface area contributed by atoms with Crippen molar-refractivity contribution in [1.29, 1.82) is 0 Å². The van der Waals surface area contributed by atoms with Crippen LogP contribution in [-0.4, -0.2) is 19.7 Å². The fourth-order valence-electron chi connectivity index (χ4n) is 2.21. The summed E-state index contributed by atoms with van der Waals surface area (Å²) in [6.45, 7) is 6.72. The Hall–Kier alpha value is -2.15. The number of hydrogen-bond donors (Lipinski definition) is 3. The summed E-state index contributed by atoms with van der Waals surface area (Å²) < 4.78 is 1.81.